The van der Waals surface area contributed by atoms with Gasteiger partial charge in [0.15, 0.2) is 0 Å². The lowest BCUT2D eigenvalue weighted by molar-refractivity contribution is 0.197. The first-order valence-corrected chi connectivity index (χ1v) is 5.35. The van der Waals surface area contributed by atoms with Crippen LogP contribution in [0.4, 0.5) is 9.18 Å². The van der Waals surface area contributed by atoms with Crippen LogP contribution >= 0.6 is 34.2 Å². The molecule has 78 valence electrons. The van der Waals surface area contributed by atoms with Crippen LogP contribution in [0.3, 0.4) is 0 Å². The van der Waals surface area contributed by atoms with Crippen molar-refractivity contribution in [3.05, 3.63) is 32.7 Å². The highest BCUT2D eigenvalue weighted by Gasteiger charge is 2.15. The molecule has 0 bridgehead atoms. The van der Waals surface area contributed by atoms with Gasteiger partial charge in [0.05, 0.1) is 5.52 Å². The van der Waals surface area contributed by atoms with Crippen molar-refractivity contribution in [2.45, 2.75) is 0 Å². The molecule has 0 unspecified atom stereocenters. The van der Waals surface area contributed by atoms with Crippen molar-refractivity contribution in [2.75, 3.05) is 0 Å². The molecule has 0 amide bonds. The van der Waals surface area contributed by atoms with Gasteiger partial charge in [0.25, 0.3) is 0 Å². The van der Waals surface area contributed by atoms with Gasteiger partial charge in [-0.25, -0.2) is 13.8 Å². The Bertz CT molecular complexity index is 567. The molecule has 0 aliphatic rings. The van der Waals surface area contributed by atoms with Crippen LogP contribution in [-0.4, -0.2) is 15.8 Å². The third kappa shape index (κ3) is 1.69. The lowest BCUT2D eigenvalue weighted by Crippen LogP contribution is -2.06. The molecule has 1 aromatic carbocycles. The topological polar surface area (TPSA) is 42.2 Å². The minimum absolute atomic E-state index is 0.0382. The van der Waals surface area contributed by atoms with Crippen LogP contribution in [0.5, 0.6) is 0 Å². The largest absolute Gasteiger partial charge is 0.464 e. The molecule has 2 rings (SSSR count). The summed E-state index contributed by atoms with van der Waals surface area (Å²) in [5.74, 6) is -0.636. The highest BCUT2D eigenvalue weighted by atomic mass is 127. The Morgan fingerprint density at radius 2 is 2.20 bits per heavy atom. The minimum atomic E-state index is -1.22. The second-order valence-electron chi connectivity index (χ2n) is 2.91. The summed E-state index contributed by atoms with van der Waals surface area (Å²) in [6.45, 7) is 0. The third-order valence-electron chi connectivity index (χ3n) is 1.97. The van der Waals surface area contributed by atoms with Crippen molar-refractivity contribution in [1.29, 1.82) is 0 Å². The van der Waals surface area contributed by atoms with Gasteiger partial charge < -0.3 is 5.11 Å². The molecule has 0 fully saturated rings. The molecule has 0 spiro atoms. The summed E-state index contributed by atoms with van der Waals surface area (Å²) in [4.78, 5) is 10.8. The van der Waals surface area contributed by atoms with Gasteiger partial charge in [0, 0.05) is 20.2 Å². The van der Waals surface area contributed by atoms with E-state index in [1.807, 2.05) is 22.6 Å². The van der Waals surface area contributed by atoms with Crippen LogP contribution in [0.2, 0.25) is 5.02 Å². The average Bonchev–Trinajstić information content (AvgIpc) is 2.44. The normalized spacial score (nSPS) is 10.9. The van der Waals surface area contributed by atoms with E-state index in [4.69, 9.17) is 16.7 Å². The zero-order valence-corrected chi connectivity index (χ0v) is 10.1. The van der Waals surface area contributed by atoms with Gasteiger partial charge >= 0.3 is 6.09 Å². The number of hydrogen-bond donors (Lipinski definition) is 1. The molecule has 0 saturated heterocycles. The summed E-state index contributed by atoms with van der Waals surface area (Å²) in [6.07, 6.45) is 0.136. The molecular formula is C9H4ClFINO2. The molecule has 1 aromatic heterocycles. The van der Waals surface area contributed by atoms with Crippen LogP contribution < -0.4 is 0 Å². The van der Waals surface area contributed by atoms with Gasteiger partial charge in [0.1, 0.15) is 5.82 Å². The number of rotatable bonds is 0. The fourth-order valence-corrected chi connectivity index (χ4v) is 2.29. The molecule has 3 nitrogen and oxygen atoms in total. The van der Waals surface area contributed by atoms with E-state index in [-0.39, 0.29) is 10.5 Å². The number of carboxylic acid groups (broad SMARTS) is 1. The first-order chi connectivity index (χ1) is 7.00. The maximum absolute atomic E-state index is 13.5. The van der Waals surface area contributed by atoms with E-state index in [1.165, 1.54) is 6.20 Å². The number of benzene rings is 1. The van der Waals surface area contributed by atoms with Crippen LogP contribution in [0.1, 0.15) is 0 Å². The lowest BCUT2D eigenvalue weighted by atomic mass is 10.2. The van der Waals surface area contributed by atoms with E-state index in [0.717, 1.165) is 10.6 Å². The van der Waals surface area contributed by atoms with Crippen molar-refractivity contribution in [1.82, 2.24) is 4.57 Å². The SMILES string of the molecule is O=C(O)n1cc(I)c2cc(Cl)cc(F)c21. The smallest absolute Gasteiger partial charge is 0.416 e. The zero-order chi connectivity index (χ0) is 11.2. The van der Waals surface area contributed by atoms with E-state index in [9.17, 15) is 9.18 Å². The van der Waals surface area contributed by atoms with Gasteiger partial charge in [-0.05, 0) is 34.7 Å². The first kappa shape index (κ1) is 10.7. The number of nitrogens with zero attached hydrogens (tertiary/aromatic N) is 1. The molecule has 1 N–H and O–H groups in total. The molecule has 0 saturated carbocycles. The summed E-state index contributed by atoms with van der Waals surface area (Å²) in [6, 6.07) is 2.64. The van der Waals surface area contributed by atoms with E-state index in [0.29, 0.717) is 8.96 Å². The Morgan fingerprint density at radius 1 is 1.53 bits per heavy atom. The van der Waals surface area contributed by atoms with Gasteiger partial charge in [-0.2, -0.15) is 0 Å². The second-order valence-corrected chi connectivity index (χ2v) is 4.51. The third-order valence-corrected chi connectivity index (χ3v) is 3.05. The van der Waals surface area contributed by atoms with Crippen LogP contribution in [-0.2, 0) is 0 Å². The number of aromatic nitrogens is 1. The van der Waals surface area contributed by atoms with Gasteiger partial charge in [-0.1, -0.05) is 11.6 Å². The van der Waals surface area contributed by atoms with Crippen LogP contribution in [0, 0.1) is 9.39 Å². The Balaban J connectivity index is 2.93. The molecule has 1 heterocycles. The zero-order valence-electron chi connectivity index (χ0n) is 7.17. The highest BCUT2D eigenvalue weighted by molar-refractivity contribution is 14.1. The molecule has 6 heteroatoms. The quantitative estimate of drug-likeness (QED) is 0.746. The summed E-state index contributed by atoms with van der Waals surface area (Å²) in [5.41, 5.74) is 0.0382. The maximum Gasteiger partial charge on any atom is 0.416 e. The Hall–Kier alpha value is -0.820. The lowest BCUT2D eigenvalue weighted by Gasteiger charge is -1.99. The number of hydrogen-bond acceptors (Lipinski definition) is 1. The molecule has 0 aliphatic carbocycles. The van der Waals surface area contributed by atoms with Crippen molar-refractivity contribution in [3.63, 3.8) is 0 Å². The van der Waals surface area contributed by atoms with E-state index >= 15 is 0 Å². The second kappa shape index (κ2) is 3.64. The first-order valence-electron chi connectivity index (χ1n) is 3.89. The fourth-order valence-electron chi connectivity index (χ4n) is 1.39. The fraction of sp³-hybridized carbons (Fsp3) is 0. The summed E-state index contributed by atoms with van der Waals surface area (Å²) in [5, 5.41) is 9.60. The van der Waals surface area contributed by atoms with Gasteiger partial charge in [-0.3, -0.25) is 0 Å². The van der Waals surface area contributed by atoms with Crippen LogP contribution in [0.15, 0.2) is 18.3 Å². The Kier molecular flexibility index (Phi) is 2.59. The van der Waals surface area contributed by atoms with Crippen molar-refractivity contribution < 1.29 is 14.3 Å². The molecule has 0 atom stereocenters. The standard InChI is InChI=1S/C9H4ClFINO2/c10-4-1-5-7(12)3-13(9(14)15)8(5)6(11)2-4/h1-3H,(H,14,15). The van der Waals surface area contributed by atoms with Crippen molar-refractivity contribution in [2.24, 2.45) is 0 Å². The van der Waals surface area contributed by atoms with Crippen molar-refractivity contribution >= 4 is 51.2 Å². The summed E-state index contributed by atoms with van der Waals surface area (Å²) in [7, 11) is 0. The summed E-state index contributed by atoms with van der Waals surface area (Å²) < 4.78 is 15.0. The highest BCUT2D eigenvalue weighted by Crippen LogP contribution is 2.28. The molecule has 2 aromatic rings. The monoisotopic (exact) mass is 339 g/mol. The molecule has 0 aliphatic heterocycles. The molecular weight excluding hydrogens is 335 g/mol. The Morgan fingerprint density at radius 3 is 2.80 bits per heavy atom. The van der Waals surface area contributed by atoms with E-state index in [2.05, 4.69) is 0 Å². The van der Waals surface area contributed by atoms with Crippen LogP contribution in [0.25, 0.3) is 10.9 Å². The number of carbonyl (C=O) groups is 1. The summed E-state index contributed by atoms with van der Waals surface area (Å²) >= 11 is 7.62. The predicted octanol–water partition coefficient (Wildman–Crippen LogP) is 3.56. The van der Waals surface area contributed by atoms with Gasteiger partial charge in [-0.15, -0.1) is 0 Å². The van der Waals surface area contributed by atoms with E-state index in [1.54, 1.807) is 6.07 Å². The molecule has 15 heavy (non-hydrogen) atoms. The predicted molar refractivity (Wildman–Crippen MR) is 63.0 cm³/mol. The minimum Gasteiger partial charge on any atom is -0.464 e. The Labute approximate surface area is 103 Å². The molecule has 0 radical (unpaired) electrons. The van der Waals surface area contributed by atoms with Gasteiger partial charge in [0.2, 0.25) is 0 Å². The average molecular weight is 339 g/mol. The van der Waals surface area contributed by atoms with Crippen molar-refractivity contribution in [3.8, 4) is 0 Å². The maximum atomic E-state index is 13.5. The number of fused-ring (bicyclic) bond motifs is 1. The van der Waals surface area contributed by atoms with E-state index < -0.39 is 11.9 Å². The number of halogens is 3.